The maximum absolute atomic E-state index is 12.9. The quantitative estimate of drug-likeness (QED) is 0.837. The number of nitrogens with zero attached hydrogens (tertiary/aromatic N) is 4. The van der Waals surface area contributed by atoms with Crippen LogP contribution in [0.5, 0.6) is 0 Å². The van der Waals surface area contributed by atoms with Crippen molar-refractivity contribution >= 4 is 11.7 Å². The van der Waals surface area contributed by atoms with Crippen molar-refractivity contribution in [3.05, 3.63) is 17.1 Å². The molecule has 0 N–H and O–H groups in total. The lowest BCUT2D eigenvalue weighted by Gasteiger charge is -2.34. The van der Waals surface area contributed by atoms with E-state index in [0.29, 0.717) is 12.5 Å². The molecule has 1 aromatic heterocycles. The third-order valence-corrected chi connectivity index (χ3v) is 5.82. The van der Waals surface area contributed by atoms with E-state index in [1.54, 1.807) is 0 Å². The topological polar surface area (TPSA) is 49.3 Å². The minimum Gasteiger partial charge on any atom is -0.356 e. The van der Waals surface area contributed by atoms with Gasteiger partial charge in [-0.2, -0.15) is 0 Å². The Morgan fingerprint density at radius 2 is 1.75 bits per heavy atom. The van der Waals surface area contributed by atoms with Crippen molar-refractivity contribution < 1.29 is 4.79 Å². The highest BCUT2D eigenvalue weighted by Gasteiger charge is 2.31. The van der Waals surface area contributed by atoms with Gasteiger partial charge in [-0.05, 0) is 32.6 Å². The highest BCUT2D eigenvalue weighted by molar-refractivity contribution is 5.79. The molecule has 0 spiro atoms. The minimum absolute atomic E-state index is 0.252. The molecule has 5 nitrogen and oxygen atoms in total. The lowest BCUT2D eigenvalue weighted by atomic mass is 9.87. The molecule has 2 fully saturated rings. The van der Waals surface area contributed by atoms with E-state index in [2.05, 4.69) is 14.8 Å². The smallest absolute Gasteiger partial charge is 0.225 e. The number of fused-ring (bicyclic) bond motifs is 1. The highest BCUT2D eigenvalue weighted by atomic mass is 16.2. The summed E-state index contributed by atoms with van der Waals surface area (Å²) in [7, 11) is 0. The number of aryl methyl sites for hydroxylation is 1. The molecule has 0 atom stereocenters. The van der Waals surface area contributed by atoms with E-state index in [1.165, 1.54) is 37.7 Å². The number of amides is 1. The molecule has 1 saturated carbocycles. The van der Waals surface area contributed by atoms with Crippen molar-refractivity contribution in [2.75, 3.05) is 24.5 Å². The Morgan fingerprint density at radius 1 is 1.00 bits per heavy atom. The number of carbonyl (C=O) groups is 1. The molecule has 0 aromatic carbocycles. The molecule has 1 amide bonds. The molecule has 1 aromatic rings. The van der Waals surface area contributed by atoms with Crippen LogP contribution >= 0.6 is 0 Å². The lowest BCUT2D eigenvalue weighted by molar-refractivity contribution is -0.137. The van der Waals surface area contributed by atoms with Crippen molar-refractivity contribution in [1.29, 1.82) is 0 Å². The normalized spacial score (nSPS) is 21.9. The van der Waals surface area contributed by atoms with Crippen LogP contribution in [0.3, 0.4) is 0 Å². The van der Waals surface area contributed by atoms with Crippen molar-refractivity contribution in [3.8, 4) is 0 Å². The van der Waals surface area contributed by atoms with Crippen LogP contribution in [0, 0.1) is 12.8 Å². The molecular formula is C19H28N4O. The number of hydrogen-bond acceptors (Lipinski definition) is 4. The fourth-order valence-electron chi connectivity index (χ4n) is 4.50. The zero-order valence-electron chi connectivity index (χ0n) is 14.8. The van der Waals surface area contributed by atoms with E-state index < -0.39 is 0 Å². The molecular weight excluding hydrogens is 300 g/mol. The van der Waals surface area contributed by atoms with Crippen LogP contribution in [0.1, 0.15) is 62.0 Å². The van der Waals surface area contributed by atoms with Gasteiger partial charge in [0.1, 0.15) is 11.6 Å². The Labute approximate surface area is 144 Å². The summed E-state index contributed by atoms with van der Waals surface area (Å²) in [5.41, 5.74) is 2.37. The van der Waals surface area contributed by atoms with Crippen molar-refractivity contribution in [1.82, 2.24) is 14.9 Å². The zero-order valence-corrected chi connectivity index (χ0v) is 14.8. The van der Waals surface area contributed by atoms with Crippen molar-refractivity contribution in [3.63, 3.8) is 0 Å². The Bertz CT molecular complexity index is 618. The molecule has 1 aliphatic carbocycles. The summed E-state index contributed by atoms with van der Waals surface area (Å²) >= 11 is 0. The number of hydrogen-bond donors (Lipinski definition) is 0. The molecule has 24 heavy (non-hydrogen) atoms. The first-order chi connectivity index (χ1) is 11.7. The maximum atomic E-state index is 12.9. The van der Waals surface area contributed by atoms with Gasteiger partial charge in [0.05, 0.1) is 12.2 Å². The fourth-order valence-corrected chi connectivity index (χ4v) is 4.50. The van der Waals surface area contributed by atoms with Gasteiger partial charge in [0, 0.05) is 37.5 Å². The Morgan fingerprint density at radius 3 is 2.50 bits per heavy atom. The van der Waals surface area contributed by atoms with E-state index in [1.807, 2.05) is 6.92 Å². The van der Waals surface area contributed by atoms with Crippen molar-refractivity contribution in [2.45, 2.75) is 64.8 Å². The second-order valence-corrected chi connectivity index (χ2v) is 7.56. The summed E-state index contributed by atoms with van der Waals surface area (Å²) in [6.45, 7) is 5.67. The summed E-state index contributed by atoms with van der Waals surface area (Å²) in [4.78, 5) is 26.8. The molecule has 3 heterocycles. The number of anilines is 1. The maximum Gasteiger partial charge on any atom is 0.225 e. The number of rotatable bonds is 2. The first kappa shape index (κ1) is 15.9. The first-order valence-corrected chi connectivity index (χ1v) is 9.62. The van der Waals surface area contributed by atoms with Gasteiger partial charge in [0.15, 0.2) is 0 Å². The van der Waals surface area contributed by atoms with E-state index in [9.17, 15) is 4.79 Å². The van der Waals surface area contributed by atoms with Gasteiger partial charge in [-0.25, -0.2) is 9.97 Å². The largest absolute Gasteiger partial charge is 0.356 e. The van der Waals surface area contributed by atoms with E-state index >= 15 is 0 Å². The summed E-state index contributed by atoms with van der Waals surface area (Å²) in [6, 6.07) is 0. The van der Waals surface area contributed by atoms with Crippen LogP contribution in [0.15, 0.2) is 0 Å². The van der Waals surface area contributed by atoms with Crippen LogP contribution in [0.25, 0.3) is 0 Å². The average Bonchev–Trinajstić information content (AvgIpc) is 3.15. The molecule has 0 bridgehead atoms. The van der Waals surface area contributed by atoms with E-state index in [4.69, 9.17) is 4.98 Å². The number of aromatic nitrogens is 2. The second kappa shape index (κ2) is 6.69. The predicted molar refractivity (Wildman–Crippen MR) is 93.9 cm³/mol. The SMILES string of the molecule is Cc1nc2c(c(N3CCCC3)n1)CN(C(=O)C1CCCCC1)CC2. The molecule has 0 radical (unpaired) electrons. The van der Waals surface area contributed by atoms with Crippen LogP contribution in [-0.4, -0.2) is 40.4 Å². The molecule has 3 aliphatic rings. The van der Waals surface area contributed by atoms with E-state index in [0.717, 1.165) is 56.2 Å². The molecule has 130 valence electrons. The number of carbonyl (C=O) groups excluding carboxylic acids is 1. The monoisotopic (exact) mass is 328 g/mol. The van der Waals surface area contributed by atoms with Gasteiger partial charge in [-0.1, -0.05) is 19.3 Å². The van der Waals surface area contributed by atoms with Crippen LogP contribution in [0.2, 0.25) is 0 Å². The standard InChI is InChI=1S/C19H28N4O/c1-14-20-17-9-12-23(19(24)15-7-3-2-4-8-15)13-16(17)18(21-14)22-10-5-6-11-22/h15H,2-13H2,1H3. The van der Waals surface area contributed by atoms with Gasteiger partial charge in [0.2, 0.25) is 5.91 Å². The second-order valence-electron chi connectivity index (χ2n) is 7.56. The molecule has 0 unspecified atom stereocenters. The molecule has 1 saturated heterocycles. The molecule has 5 heteroatoms. The van der Waals surface area contributed by atoms with Crippen molar-refractivity contribution in [2.24, 2.45) is 5.92 Å². The van der Waals surface area contributed by atoms with E-state index in [-0.39, 0.29) is 5.92 Å². The summed E-state index contributed by atoms with van der Waals surface area (Å²) in [5, 5.41) is 0. The molecule has 2 aliphatic heterocycles. The third kappa shape index (κ3) is 3.01. The third-order valence-electron chi connectivity index (χ3n) is 5.82. The average molecular weight is 328 g/mol. The molecule has 4 rings (SSSR count). The Hall–Kier alpha value is -1.65. The van der Waals surface area contributed by atoms with Gasteiger partial charge in [0.25, 0.3) is 0 Å². The fraction of sp³-hybridized carbons (Fsp3) is 0.737. The Kier molecular flexibility index (Phi) is 4.42. The predicted octanol–water partition coefficient (Wildman–Crippen LogP) is 2.85. The van der Waals surface area contributed by atoms with Gasteiger partial charge >= 0.3 is 0 Å². The minimum atomic E-state index is 0.252. The summed E-state index contributed by atoms with van der Waals surface area (Å²) in [6.07, 6.45) is 9.21. The first-order valence-electron chi connectivity index (χ1n) is 9.62. The summed E-state index contributed by atoms with van der Waals surface area (Å²) in [5.74, 6) is 2.58. The Balaban J connectivity index is 1.58. The van der Waals surface area contributed by atoms with Gasteiger partial charge in [-0.15, -0.1) is 0 Å². The summed E-state index contributed by atoms with van der Waals surface area (Å²) < 4.78 is 0. The lowest BCUT2D eigenvalue weighted by Crippen LogP contribution is -2.41. The van der Waals surface area contributed by atoms with Gasteiger partial charge < -0.3 is 9.80 Å². The van der Waals surface area contributed by atoms with Gasteiger partial charge in [-0.3, -0.25) is 4.79 Å². The highest BCUT2D eigenvalue weighted by Crippen LogP contribution is 2.31. The van der Waals surface area contributed by atoms with Crippen LogP contribution < -0.4 is 4.90 Å². The van der Waals surface area contributed by atoms with Crippen LogP contribution in [0.4, 0.5) is 5.82 Å². The zero-order chi connectivity index (χ0) is 16.5. The van der Waals surface area contributed by atoms with Crippen LogP contribution in [-0.2, 0) is 17.8 Å².